The van der Waals surface area contributed by atoms with Crippen LogP contribution in [0.1, 0.15) is 56.1 Å². The fourth-order valence-electron chi connectivity index (χ4n) is 4.47. The first-order valence-electron chi connectivity index (χ1n) is 7.52. The quantitative estimate of drug-likeness (QED) is 0.822. The summed E-state index contributed by atoms with van der Waals surface area (Å²) in [5, 5.41) is 8.96. The van der Waals surface area contributed by atoms with Crippen LogP contribution in [-0.4, -0.2) is 20.8 Å². The molecule has 4 atom stereocenters. The molecule has 98 valence electrons. The SMILES string of the molecule is NC1C2CCC(C2)C1c1nnc2n1CCCCC2. The molecule has 0 amide bonds. The smallest absolute Gasteiger partial charge is 0.137 e. The lowest BCUT2D eigenvalue weighted by atomic mass is 9.84. The molecule has 4 unspecified atom stereocenters. The van der Waals surface area contributed by atoms with E-state index in [1.807, 2.05) is 0 Å². The van der Waals surface area contributed by atoms with Gasteiger partial charge in [0.2, 0.25) is 0 Å². The van der Waals surface area contributed by atoms with E-state index >= 15 is 0 Å². The Balaban J connectivity index is 1.71. The lowest BCUT2D eigenvalue weighted by Gasteiger charge is -2.27. The van der Waals surface area contributed by atoms with Crippen molar-refractivity contribution in [1.29, 1.82) is 0 Å². The van der Waals surface area contributed by atoms with Crippen LogP contribution in [0.25, 0.3) is 0 Å². The summed E-state index contributed by atoms with van der Waals surface area (Å²) in [4.78, 5) is 0. The van der Waals surface area contributed by atoms with E-state index in [-0.39, 0.29) is 0 Å². The largest absolute Gasteiger partial charge is 0.327 e. The predicted octanol–water partition coefficient (Wildman–Crippen LogP) is 1.85. The Morgan fingerprint density at radius 2 is 1.94 bits per heavy atom. The van der Waals surface area contributed by atoms with E-state index in [0.717, 1.165) is 24.8 Å². The van der Waals surface area contributed by atoms with Crippen molar-refractivity contribution < 1.29 is 0 Å². The lowest BCUT2D eigenvalue weighted by Crippen LogP contribution is -2.35. The highest BCUT2D eigenvalue weighted by Crippen LogP contribution is 2.51. The molecule has 2 N–H and O–H groups in total. The first-order chi connectivity index (χ1) is 8.84. The molecule has 0 spiro atoms. The molecular weight excluding hydrogens is 224 g/mol. The molecule has 0 saturated heterocycles. The summed E-state index contributed by atoms with van der Waals surface area (Å²) >= 11 is 0. The van der Waals surface area contributed by atoms with E-state index in [4.69, 9.17) is 5.73 Å². The van der Waals surface area contributed by atoms with Crippen LogP contribution in [0.4, 0.5) is 0 Å². The molecular formula is C14H22N4. The Kier molecular flexibility index (Phi) is 2.47. The summed E-state index contributed by atoms with van der Waals surface area (Å²) in [5.74, 6) is 4.44. The van der Waals surface area contributed by atoms with Crippen LogP contribution in [-0.2, 0) is 13.0 Å². The van der Waals surface area contributed by atoms with Crippen LogP contribution in [0.5, 0.6) is 0 Å². The second-order valence-corrected chi connectivity index (χ2v) is 6.37. The summed E-state index contributed by atoms with van der Waals surface area (Å²) in [7, 11) is 0. The fourth-order valence-corrected chi connectivity index (χ4v) is 4.47. The normalized spacial score (nSPS) is 38.7. The van der Waals surface area contributed by atoms with Gasteiger partial charge in [-0.1, -0.05) is 6.42 Å². The number of nitrogens with two attached hydrogens (primary N) is 1. The van der Waals surface area contributed by atoms with E-state index < -0.39 is 0 Å². The molecule has 1 aromatic heterocycles. The van der Waals surface area contributed by atoms with Gasteiger partial charge in [-0.25, -0.2) is 0 Å². The summed E-state index contributed by atoms with van der Waals surface area (Å²) in [5.41, 5.74) is 6.45. The lowest BCUT2D eigenvalue weighted by molar-refractivity contribution is 0.344. The zero-order valence-electron chi connectivity index (χ0n) is 10.9. The molecule has 4 rings (SSSR count). The molecule has 2 bridgehead atoms. The standard InChI is InChI=1S/C14H22N4/c15-13-10-6-5-9(8-10)12(13)14-17-16-11-4-2-1-3-7-18(11)14/h9-10,12-13H,1-8,15H2. The second-order valence-electron chi connectivity index (χ2n) is 6.37. The first-order valence-corrected chi connectivity index (χ1v) is 7.52. The van der Waals surface area contributed by atoms with Crippen LogP contribution < -0.4 is 5.73 Å². The fraction of sp³-hybridized carbons (Fsp3) is 0.857. The number of nitrogens with zero attached hydrogens (tertiary/aromatic N) is 3. The van der Waals surface area contributed by atoms with E-state index in [2.05, 4.69) is 14.8 Å². The maximum absolute atomic E-state index is 6.45. The number of hydrogen-bond donors (Lipinski definition) is 1. The van der Waals surface area contributed by atoms with Crippen LogP contribution in [0, 0.1) is 11.8 Å². The summed E-state index contributed by atoms with van der Waals surface area (Å²) < 4.78 is 2.40. The Bertz CT molecular complexity index is 451. The van der Waals surface area contributed by atoms with Gasteiger partial charge in [-0.15, -0.1) is 10.2 Å². The number of aromatic nitrogens is 3. The van der Waals surface area contributed by atoms with Gasteiger partial charge in [0.1, 0.15) is 11.6 Å². The van der Waals surface area contributed by atoms with Crippen LogP contribution in [0.15, 0.2) is 0 Å². The average Bonchev–Trinajstić information content (AvgIpc) is 3.01. The Hall–Kier alpha value is -0.900. The van der Waals surface area contributed by atoms with Crippen LogP contribution >= 0.6 is 0 Å². The molecule has 0 aromatic carbocycles. The molecule has 18 heavy (non-hydrogen) atoms. The van der Waals surface area contributed by atoms with Gasteiger partial charge in [-0.05, 0) is 43.9 Å². The minimum absolute atomic E-state index is 0.334. The summed E-state index contributed by atoms with van der Waals surface area (Å²) in [6.07, 6.45) is 8.98. The van der Waals surface area contributed by atoms with Gasteiger partial charge in [0, 0.05) is 24.9 Å². The topological polar surface area (TPSA) is 56.7 Å². The van der Waals surface area contributed by atoms with Crippen molar-refractivity contribution in [3.05, 3.63) is 11.6 Å². The van der Waals surface area contributed by atoms with Crippen molar-refractivity contribution >= 4 is 0 Å². The third kappa shape index (κ3) is 1.48. The van der Waals surface area contributed by atoms with Gasteiger partial charge in [-0.2, -0.15) is 0 Å². The Morgan fingerprint density at radius 1 is 1.06 bits per heavy atom. The van der Waals surface area contributed by atoms with Gasteiger partial charge >= 0.3 is 0 Å². The number of fused-ring (bicyclic) bond motifs is 3. The second kappa shape index (κ2) is 4.05. The monoisotopic (exact) mass is 246 g/mol. The van der Waals surface area contributed by atoms with Crippen molar-refractivity contribution in [3.63, 3.8) is 0 Å². The Morgan fingerprint density at radius 3 is 2.78 bits per heavy atom. The average molecular weight is 246 g/mol. The maximum Gasteiger partial charge on any atom is 0.137 e. The highest BCUT2D eigenvalue weighted by molar-refractivity contribution is 5.15. The molecule has 1 aliphatic heterocycles. The van der Waals surface area contributed by atoms with Crippen molar-refractivity contribution in [2.45, 2.75) is 63.5 Å². The van der Waals surface area contributed by atoms with Crippen molar-refractivity contribution in [3.8, 4) is 0 Å². The Labute approximate surface area is 108 Å². The third-order valence-corrected chi connectivity index (χ3v) is 5.42. The summed E-state index contributed by atoms with van der Waals surface area (Å²) in [6, 6.07) is 0.334. The van der Waals surface area contributed by atoms with Gasteiger partial charge in [0.05, 0.1) is 0 Å². The number of hydrogen-bond acceptors (Lipinski definition) is 3. The molecule has 2 heterocycles. The molecule has 2 saturated carbocycles. The molecule has 3 aliphatic rings. The van der Waals surface area contributed by atoms with Crippen LogP contribution in [0.3, 0.4) is 0 Å². The van der Waals surface area contributed by atoms with Gasteiger partial charge < -0.3 is 10.3 Å². The van der Waals surface area contributed by atoms with E-state index in [9.17, 15) is 0 Å². The van der Waals surface area contributed by atoms with E-state index in [0.29, 0.717) is 12.0 Å². The molecule has 4 heteroatoms. The minimum atomic E-state index is 0.334. The highest BCUT2D eigenvalue weighted by atomic mass is 15.3. The summed E-state index contributed by atoms with van der Waals surface area (Å²) in [6.45, 7) is 1.11. The van der Waals surface area contributed by atoms with Gasteiger partial charge in [0.15, 0.2) is 0 Å². The molecule has 4 nitrogen and oxygen atoms in total. The molecule has 0 radical (unpaired) electrons. The number of aryl methyl sites for hydroxylation is 1. The minimum Gasteiger partial charge on any atom is -0.327 e. The number of rotatable bonds is 1. The zero-order chi connectivity index (χ0) is 12.1. The molecule has 1 aromatic rings. The molecule has 2 aliphatic carbocycles. The van der Waals surface area contributed by atoms with Crippen molar-refractivity contribution in [2.24, 2.45) is 17.6 Å². The molecule has 2 fully saturated rings. The van der Waals surface area contributed by atoms with Crippen LogP contribution in [0.2, 0.25) is 0 Å². The van der Waals surface area contributed by atoms with E-state index in [1.54, 1.807) is 0 Å². The highest BCUT2D eigenvalue weighted by Gasteiger charge is 2.48. The zero-order valence-corrected chi connectivity index (χ0v) is 10.9. The van der Waals surface area contributed by atoms with E-state index in [1.165, 1.54) is 50.2 Å². The predicted molar refractivity (Wildman–Crippen MR) is 69.1 cm³/mol. The van der Waals surface area contributed by atoms with Crippen molar-refractivity contribution in [2.75, 3.05) is 0 Å². The van der Waals surface area contributed by atoms with Gasteiger partial charge in [-0.3, -0.25) is 0 Å². The van der Waals surface area contributed by atoms with Gasteiger partial charge in [0.25, 0.3) is 0 Å². The first kappa shape index (κ1) is 11.0. The third-order valence-electron chi connectivity index (χ3n) is 5.42. The maximum atomic E-state index is 6.45. The van der Waals surface area contributed by atoms with Crippen molar-refractivity contribution in [1.82, 2.24) is 14.8 Å².